The second-order valence-corrected chi connectivity index (χ2v) is 7.52. The fourth-order valence-electron chi connectivity index (χ4n) is 2.44. The fraction of sp³-hybridized carbons (Fsp3) is 1.00. The van der Waals surface area contributed by atoms with Crippen LogP contribution in [0.1, 0.15) is 26.2 Å². The maximum atomic E-state index is 11.4. The van der Waals surface area contributed by atoms with Crippen molar-refractivity contribution in [3.8, 4) is 0 Å². The first-order valence-corrected chi connectivity index (χ1v) is 8.00. The van der Waals surface area contributed by atoms with Gasteiger partial charge < -0.3 is 5.73 Å². The van der Waals surface area contributed by atoms with E-state index in [2.05, 4.69) is 4.90 Å². The average Bonchev–Trinajstić information content (AvgIpc) is 2.97. The third-order valence-electron chi connectivity index (χ3n) is 3.79. The van der Waals surface area contributed by atoms with Crippen LogP contribution in [0.4, 0.5) is 0 Å². The standard InChI is InChI=1S/C11H22N2O2S/c1-9-8-16(14,15)7-6-13(9)5-4-11(12)10-2-3-10/h9-11H,2-8,12H2,1H3. The number of hydrogen-bond acceptors (Lipinski definition) is 4. The number of sulfone groups is 1. The van der Waals surface area contributed by atoms with Crippen molar-refractivity contribution in [3.05, 3.63) is 0 Å². The largest absolute Gasteiger partial charge is 0.327 e. The van der Waals surface area contributed by atoms with Crippen LogP contribution in [-0.2, 0) is 9.84 Å². The smallest absolute Gasteiger partial charge is 0.153 e. The van der Waals surface area contributed by atoms with Crippen LogP contribution in [-0.4, -0.2) is 50.0 Å². The van der Waals surface area contributed by atoms with E-state index in [1.54, 1.807) is 0 Å². The molecule has 2 unspecified atom stereocenters. The van der Waals surface area contributed by atoms with E-state index in [0.29, 0.717) is 24.1 Å². The molecule has 0 radical (unpaired) electrons. The van der Waals surface area contributed by atoms with Gasteiger partial charge in [0, 0.05) is 18.6 Å². The summed E-state index contributed by atoms with van der Waals surface area (Å²) in [6.45, 7) is 3.63. The summed E-state index contributed by atoms with van der Waals surface area (Å²) in [5.74, 6) is 1.37. The highest BCUT2D eigenvalue weighted by Crippen LogP contribution is 2.32. The Morgan fingerprint density at radius 1 is 1.44 bits per heavy atom. The molecule has 2 aliphatic rings. The van der Waals surface area contributed by atoms with E-state index in [0.717, 1.165) is 18.9 Å². The van der Waals surface area contributed by atoms with Crippen LogP contribution < -0.4 is 5.73 Å². The predicted octanol–water partition coefficient (Wildman–Crippen LogP) is 0.233. The van der Waals surface area contributed by atoms with Crippen LogP contribution in [0.3, 0.4) is 0 Å². The van der Waals surface area contributed by atoms with Gasteiger partial charge in [0.25, 0.3) is 0 Å². The zero-order chi connectivity index (χ0) is 11.8. The molecule has 2 fully saturated rings. The van der Waals surface area contributed by atoms with Gasteiger partial charge in [0.15, 0.2) is 9.84 Å². The molecule has 0 amide bonds. The highest BCUT2D eigenvalue weighted by molar-refractivity contribution is 7.91. The van der Waals surface area contributed by atoms with Gasteiger partial charge in [-0.25, -0.2) is 8.42 Å². The molecule has 1 heterocycles. The minimum atomic E-state index is -2.78. The van der Waals surface area contributed by atoms with Crippen LogP contribution in [0.2, 0.25) is 0 Å². The second-order valence-electron chi connectivity index (χ2n) is 5.29. The number of nitrogens with two attached hydrogens (primary N) is 1. The molecule has 1 aliphatic heterocycles. The molecule has 2 atom stereocenters. The van der Waals surface area contributed by atoms with E-state index in [9.17, 15) is 8.42 Å². The fourth-order valence-corrected chi connectivity index (χ4v) is 4.07. The molecule has 0 aromatic carbocycles. The normalized spacial score (nSPS) is 32.5. The van der Waals surface area contributed by atoms with Crippen molar-refractivity contribution < 1.29 is 8.42 Å². The van der Waals surface area contributed by atoms with Crippen molar-refractivity contribution in [2.75, 3.05) is 24.6 Å². The molecule has 2 N–H and O–H groups in total. The summed E-state index contributed by atoms with van der Waals surface area (Å²) in [7, 11) is -2.78. The number of nitrogens with zero attached hydrogens (tertiary/aromatic N) is 1. The van der Waals surface area contributed by atoms with E-state index in [1.807, 2.05) is 6.92 Å². The lowest BCUT2D eigenvalue weighted by Crippen LogP contribution is -2.48. The zero-order valence-corrected chi connectivity index (χ0v) is 10.7. The monoisotopic (exact) mass is 246 g/mol. The van der Waals surface area contributed by atoms with Crippen molar-refractivity contribution in [2.45, 2.75) is 38.3 Å². The Kier molecular flexibility index (Phi) is 3.56. The van der Waals surface area contributed by atoms with Crippen molar-refractivity contribution in [3.63, 3.8) is 0 Å². The average molecular weight is 246 g/mol. The summed E-state index contributed by atoms with van der Waals surface area (Å²) in [6, 6.07) is 0.482. The first-order chi connectivity index (χ1) is 7.48. The Balaban J connectivity index is 1.77. The minimum Gasteiger partial charge on any atom is -0.327 e. The molecule has 0 aromatic rings. The van der Waals surface area contributed by atoms with Crippen LogP contribution in [0.5, 0.6) is 0 Å². The van der Waals surface area contributed by atoms with E-state index in [1.165, 1.54) is 12.8 Å². The Hall–Kier alpha value is -0.130. The van der Waals surface area contributed by atoms with Crippen molar-refractivity contribution in [1.82, 2.24) is 4.90 Å². The summed E-state index contributed by atoms with van der Waals surface area (Å²) < 4.78 is 22.8. The topological polar surface area (TPSA) is 63.4 Å². The highest BCUT2D eigenvalue weighted by Gasteiger charge is 2.31. The molecule has 1 saturated carbocycles. The maximum absolute atomic E-state index is 11.4. The van der Waals surface area contributed by atoms with Gasteiger partial charge in [-0.2, -0.15) is 0 Å². The lowest BCUT2D eigenvalue weighted by atomic mass is 10.1. The molecule has 2 rings (SSSR count). The highest BCUT2D eigenvalue weighted by atomic mass is 32.2. The molecule has 5 heteroatoms. The van der Waals surface area contributed by atoms with Gasteiger partial charge >= 0.3 is 0 Å². The first-order valence-electron chi connectivity index (χ1n) is 6.18. The van der Waals surface area contributed by atoms with Crippen molar-refractivity contribution >= 4 is 9.84 Å². The van der Waals surface area contributed by atoms with Gasteiger partial charge in [-0.15, -0.1) is 0 Å². The Morgan fingerprint density at radius 3 is 2.69 bits per heavy atom. The van der Waals surface area contributed by atoms with Gasteiger partial charge in [0.1, 0.15) is 0 Å². The van der Waals surface area contributed by atoms with Crippen LogP contribution in [0, 0.1) is 5.92 Å². The number of rotatable bonds is 4. The molecule has 0 aromatic heterocycles. The van der Waals surface area contributed by atoms with Crippen LogP contribution >= 0.6 is 0 Å². The molecule has 16 heavy (non-hydrogen) atoms. The summed E-state index contributed by atoms with van der Waals surface area (Å²) in [4.78, 5) is 2.27. The zero-order valence-electron chi connectivity index (χ0n) is 9.93. The minimum absolute atomic E-state index is 0.158. The Bertz CT molecular complexity index is 338. The van der Waals surface area contributed by atoms with Crippen LogP contribution in [0.15, 0.2) is 0 Å². The van der Waals surface area contributed by atoms with Gasteiger partial charge in [0.05, 0.1) is 11.5 Å². The predicted molar refractivity (Wildman–Crippen MR) is 65.0 cm³/mol. The van der Waals surface area contributed by atoms with Gasteiger partial charge in [0.2, 0.25) is 0 Å². The summed E-state index contributed by atoms with van der Waals surface area (Å²) in [5.41, 5.74) is 6.05. The summed E-state index contributed by atoms with van der Waals surface area (Å²) in [5, 5.41) is 0. The maximum Gasteiger partial charge on any atom is 0.153 e. The Labute approximate surface area is 98.1 Å². The van der Waals surface area contributed by atoms with E-state index in [4.69, 9.17) is 5.73 Å². The molecule has 94 valence electrons. The van der Waals surface area contributed by atoms with Gasteiger partial charge in [-0.3, -0.25) is 4.90 Å². The lowest BCUT2D eigenvalue weighted by Gasteiger charge is -2.33. The molecule has 4 nitrogen and oxygen atoms in total. The summed E-state index contributed by atoms with van der Waals surface area (Å²) in [6.07, 6.45) is 3.57. The van der Waals surface area contributed by atoms with E-state index >= 15 is 0 Å². The molecule has 1 aliphatic carbocycles. The molecule has 0 bridgehead atoms. The third kappa shape index (κ3) is 3.18. The van der Waals surface area contributed by atoms with Crippen LogP contribution in [0.25, 0.3) is 0 Å². The van der Waals surface area contributed by atoms with Gasteiger partial charge in [-0.05, 0) is 38.6 Å². The molecular weight excluding hydrogens is 224 g/mol. The lowest BCUT2D eigenvalue weighted by molar-refractivity contribution is 0.216. The first kappa shape index (κ1) is 12.3. The van der Waals surface area contributed by atoms with Gasteiger partial charge in [-0.1, -0.05) is 0 Å². The Morgan fingerprint density at radius 2 is 2.12 bits per heavy atom. The molecule has 1 saturated heterocycles. The van der Waals surface area contributed by atoms with E-state index in [-0.39, 0.29) is 6.04 Å². The quantitative estimate of drug-likeness (QED) is 0.771. The van der Waals surface area contributed by atoms with Crippen molar-refractivity contribution in [1.29, 1.82) is 0 Å². The van der Waals surface area contributed by atoms with E-state index < -0.39 is 9.84 Å². The molecule has 0 spiro atoms. The molecular formula is C11H22N2O2S. The number of hydrogen-bond donors (Lipinski definition) is 1. The second kappa shape index (κ2) is 4.63. The van der Waals surface area contributed by atoms with Crippen molar-refractivity contribution in [2.24, 2.45) is 11.7 Å². The SMILES string of the molecule is CC1CS(=O)(=O)CCN1CCC(N)C1CC1. The summed E-state index contributed by atoms with van der Waals surface area (Å²) >= 11 is 0. The third-order valence-corrected chi connectivity index (χ3v) is 5.58.